The minimum Gasteiger partial charge on any atom is -0.496 e. The summed E-state index contributed by atoms with van der Waals surface area (Å²) >= 11 is 0. The summed E-state index contributed by atoms with van der Waals surface area (Å²) in [4.78, 5) is 0. The van der Waals surface area contributed by atoms with E-state index in [-0.39, 0.29) is 0 Å². The molecule has 4 nitrogen and oxygen atoms in total. The molecule has 0 aliphatic heterocycles. The molecule has 1 aromatic rings. The Labute approximate surface area is 142 Å². The maximum Gasteiger partial charge on any atom is 0.180 e. The highest BCUT2D eigenvalue weighted by Gasteiger charge is 2.71. The summed E-state index contributed by atoms with van der Waals surface area (Å²) < 4.78 is 23.3. The van der Waals surface area contributed by atoms with E-state index in [1.54, 1.807) is 28.4 Å². The minimum atomic E-state index is -0.491. The third kappa shape index (κ3) is 1.40. The first-order valence-electron chi connectivity index (χ1n) is 8.75. The Morgan fingerprint density at radius 3 is 1.62 bits per heavy atom. The number of hydrogen-bond acceptors (Lipinski definition) is 4. The normalized spacial score (nSPS) is 39.2. The molecule has 24 heavy (non-hydrogen) atoms. The molecule has 0 spiro atoms. The number of methoxy groups -OCH3 is 4. The Bertz CT molecular complexity index is 666. The minimum absolute atomic E-state index is 0.321. The quantitative estimate of drug-likeness (QED) is 0.483. The van der Waals surface area contributed by atoms with Gasteiger partial charge in [0.05, 0.1) is 14.2 Å². The number of hydrogen-bond donors (Lipinski definition) is 0. The zero-order chi connectivity index (χ0) is 16.6. The van der Waals surface area contributed by atoms with Gasteiger partial charge in [-0.15, -0.1) is 0 Å². The predicted octanol–water partition coefficient (Wildman–Crippen LogP) is 3.33. The van der Waals surface area contributed by atoms with Gasteiger partial charge in [0.25, 0.3) is 0 Å². The van der Waals surface area contributed by atoms with Crippen molar-refractivity contribution in [1.29, 1.82) is 0 Å². The molecule has 0 aromatic heterocycles. The summed E-state index contributed by atoms with van der Waals surface area (Å²) in [5.74, 6) is 4.30. The van der Waals surface area contributed by atoms with Crippen molar-refractivity contribution in [2.24, 2.45) is 23.7 Å². The maximum absolute atomic E-state index is 5.96. The first-order chi connectivity index (χ1) is 11.7. The van der Waals surface area contributed by atoms with Crippen molar-refractivity contribution >= 4 is 0 Å². The van der Waals surface area contributed by atoms with E-state index < -0.39 is 5.79 Å². The molecular formula is C20H24O4. The summed E-state index contributed by atoms with van der Waals surface area (Å²) in [6.07, 6.45) is 5.84. The number of benzene rings is 1. The predicted molar refractivity (Wildman–Crippen MR) is 89.5 cm³/mol. The summed E-state index contributed by atoms with van der Waals surface area (Å²) in [6.45, 7) is 0. The molecule has 4 aliphatic rings. The molecule has 6 atom stereocenters. The molecule has 0 unspecified atom stereocenters. The van der Waals surface area contributed by atoms with E-state index >= 15 is 0 Å². The van der Waals surface area contributed by atoms with Crippen molar-refractivity contribution in [2.45, 2.75) is 24.0 Å². The van der Waals surface area contributed by atoms with E-state index in [9.17, 15) is 0 Å². The molecule has 2 saturated carbocycles. The highest BCUT2D eigenvalue weighted by molar-refractivity contribution is 5.59. The van der Waals surface area contributed by atoms with Crippen molar-refractivity contribution in [3.63, 3.8) is 0 Å². The van der Waals surface area contributed by atoms with Gasteiger partial charge in [-0.25, -0.2) is 0 Å². The lowest BCUT2D eigenvalue weighted by molar-refractivity contribution is -0.235. The second-order valence-electron chi connectivity index (χ2n) is 7.47. The molecule has 0 heterocycles. The van der Waals surface area contributed by atoms with Gasteiger partial charge in [0.1, 0.15) is 11.5 Å². The first-order valence-corrected chi connectivity index (χ1v) is 8.75. The smallest absolute Gasteiger partial charge is 0.180 e. The molecule has 0 saturated heterocycles. The average molecular weight is 328 g/mol. The molecule has 4 bridgehead atoms. The lowest BCUT2D eigenvalue weighted by Crippen LogP contribution is -2.41. The zero-order valence-corrected chi connectivity index (χ0v) is 14.6. The van der Waals surface area contributed by atoms with Crippen LogP contribution < -0.4 is 9.47 Å². The Balaban J connectivity index is 1.68. The molecule has 5 rings (SSSR count). The fourth-order valence-corrected chi connectivity index (χ4v) is 6.59. The van der Waals surface area contributed by atoms with Gasteiger partial charge >= 0.3 is 0 Å². The lowest BCUT2D eigenvalue weighted by Gasteiger charge is -2.34. The molecule has 4 aliphatic carbocycles. The Hall–Kier alpha value is -1.52. The standard InChI is InChI=1S/C20H24O4/c1-21-14-7-8-15(22-2)19-11-9-10(18(14)19)16-12-5-6-13(17(11)16)20(12,23-3)24-4/h5-8,10-13,16-17H,9H2,1-4H3/t10-,11+,12+,13-,16-,17+. The van der Waals surface area contributed by atoms with Crippen LogP contribution in [0.25, 0.3) is 0 Å². The van der Waals surface area contributed by atoms with Crippen LogP contribution in [0.3, 0.4) is 0 Å². The second-order valence-corrected chi connectivity index (χ2v) is 7.47. The SMILES string of the molecule is COc1ccc(OC)c2c1[C@H]1C[C@@H]2[C@H]2[C@@H]1[C@H]1C=C[C@@H]2C1(OC)OC. The Kier molecular flexibility index (Phi) is 2.94. The molecule has 0 radical (unpaired) electrons. The van der Waals surface area contributed by atoms with E-state index in [0.717, 1.165) is 11.5 Å². The summed E-state index contributed by atoms with van der Waals surface area (Å²) in [6, 6.07) is 4.10. The maximum atomic E-state index is 5.96. The van der Waals surface area contributed by atoms with Gasteiger partial charge in [0.2, 0.25) is 0 Å². The van der Waals surface area contributed by atoms with E-state index in [1.807, 2.05) is 0 Å². The topological polar surface area (TPSA) is 36.9 Å². The summed E-state index contributed by atoms with van der Waals surface area (Å²) in [5.41, 5.74) is 2.73. The lowest BCUT2D eigenvalue weighted by atomic mass is 9.70. The fraction of sp³-hybridized carbons (Fsp3) is 0.600. The molecule has 128 valence electrons. The van der Waals surface area contributed by atoms with Crippen LogP contribution in [-0.2, 0) is 9.47 Å². The van der Waals surface area contributed by atoms with Gasteiger partial charge in [-0.2, -0.15) is 0 Å². The van der Waals surface area contributed by atoms with Gasteiger partial charge in [-0.05, 0) is 42.2 Å². The summed E-state index contributed by atoms with van der Waals surface area (Å²) in [7, 11) is 7.10. The molecule has 2 fully saturated rings. The van der Waals surface area contributed by atoms with E-state index in [1.165, 1.54) is 17.5 Å². The van der Waals surface area contributed by atoms with Crippen LogP contribution in [-0.4, -0.2) is 34.2 Å². The highest BCUT2D eigenvalue weighted by atomic mass is 16.7. The number of rotatable bonds is 4. The molecule has 0 amide bonds. The first kappa shape index (κ1) is 14.8. The molecule has 4 heteroatoms. The van der Waals surface area contributed by atoms with Crippen molar-refractivity contribution < 1.29 is 18.9 Å². The van der Waals surface area contributed by atoms with Crippen LogP contribution in [0, 0.1) is 23.7 Å². The molecule has 1 aromatic carbocycles. The fourth-order valence-electron chi connectivity index (χ4n) is 6.59. The van der Waals surface area contributed by atoms with Crippen molar-refractivity contribution in [1.82, 2.24) is 0 Å². The Morgan fingerprint density at radius 2 is 1.25 bits per heavy atom. The van der Waals surface area contributed by atoms with Crippen molar-refractivity contribution in [3.05, 3.63) is 35.4 Å². The van der Waals surface area contributed by atoms with Crippen LogP contribution >= 0.6 is 0 Å². The number of fused-ring (bicyclic) bond motifs is 12. The highest BCUT2D eigenvalue weighted by Crippen LogP contribution is 2.74. The second kappa shape index (κ2) is 4.77. The van der Waals surface area contributed by atoms with Crippen LogP contribution in [0.2, 0.25) is 0 Å². The van der Waals surface area contributed by atoms with E-state index in [4.69, 9.17) is 18.9 Å². The largest absolute Gasteiger partial charge is 0.496 e. The van der Waals surface area contributed by atoms with Crippen LogP contribution in [0.4, 0.5) is 0 Å². The monoisotopic (exact) mass is 328 g/mol. The van der Waals surface area contributed by atoms with Crippen LogP contribution in [0.15, 0.2) is 24.3 Å². The molecule has 0 N–H and O–H groups in total. The van der Waals surface area contributed by atoms with E-state index in [0.29, 0.717) is 35.5 Å². The average Bonchev–Trinajstić information content (AvgIpc) is 3.35. The van der Waals surface area contributed by atoms with Gasteiger partial charge < -0.3 is 18.9 Å². The number of ether oxygens (including phenoxy) is 4. The van der Waals surface area contributed by atoms with Crippen molar-refractivity contribution in [3.8, 4) is 11.5 Å². The third-order valence-corrected chi connectivity index (χ3v) is 7.19. The van der Waals surface area contributed by atoms with Crippen LogP contribution in [0.5, 0.6) is 11.5 Å². The molecular weight excluding hydrogens is 304 g/mol. The summed E-state index contributed by atoms with van der Waals surface area (Å²) in [5, 5.41) is 0. The third-order valence-electron chi connectivity index (χ3n) is 7.19. The van der Waals surface area contributed by atoms with Crippen LogP contribution in [0.1, 0.15) is 29.4 Å². The van der Waals surface area contributed by atoms with Gasteiger partial charge in [-0.1, -0.05) is 12.2 Å². The Morgan fingerprint density at radius 1 is 0.792 bits per heavy atom. The van der Waals surface area contributed by atoms with Gasteiger partial charge in [-0.3, -0.25) is 0 Å². The zero-order valence-electron chi connectivity index (χ0n) is 14.6. The van der Waals surface area contributed by atoms with Crippen molar-refractivity contribution in [2.75, 3.05) is 28.4 Å². The van der Waals surface area contributed by atoms with Gasteiger partial charge in [0, 0.05) is 37.2 Å². The van der Waals surface area contributed by atoms with E-state index in [2.05, 4.69) is 24.3 Å². The van der Waals surface area contributed by atoms with Gasteiger partial charge in [0.15, 0.2) is 5.79 Å².